The van der Waals surface area contributed by atoms with Gasteiger partial charge in [-0.3, -0.25) is 4.79 Å². The van der Waals surface area contributed by atoms with Gasteiger partial charge < -0.3 is 10.1 Å². The van der Waals surface area contributed by atoms with Crippen molar-refractivity contribution in [3.05, 3.63) is 101 Å². The second kappa shape index (κ2) is 10.4. The van der Waals surface area contributed by atoms with Gasteiger partial charge in [0.25, 0.3) is 5.91 Å². The molecule has 1 aromatic heterocycles. The van der Waals surface area contributed by atoms with Crippen molar-refractivity contribution in [2.75, 3.05) is 7.11 Å². The highest BCUT2D eigenvalue weighted by molar-refractivity contribution is 6.30. The lowest BCUT2D eigenvalue weighted by atomic mass is 10.1. The molecule has 0 aliphatic heterocycles. The molecule has 0 saturated carbocycles. The first-order chi connectivity index (χ1) is 16.0. The van der Waals surface area contributed by atoms with Gasteiger partial charge in [-0.15, -0.1) is 0 Å². The number of rotatable bonds is 8. The monoisotopic (exact) mass is 459 g/mol. The molecule has 1 N–H and O–H groups in total. The Hall–Kier alpha value is -3.57. The summed E-state index contributed by atoms with van der Waals surface area (Å²) in [5, 5.41) is 8.48. The summed E-state index contributed by atoms with van der Waals surface area (Å²) in [6.07, 6.45) is 1.74. The Morgan fingerprint density at radius 1 is 1.03 bits per heavy atom. The van der Waals surface area contributed by atoms with E-state index in [1.165, 1.54) is 5.56 Å². The highest BCUT2D eigenvalue weighted by Crippen LogP contribution is 2.25. The molecule has 0 aliphatic rings. The van der Waals surface area contributed by atoms with Gasteiger partial charge in [0.05, 0.1) is 18.5 Å². The Bertz CT molecular complexity index is 1200. The number of amides is 1. The van der Waals surface area contributed by atoms with Crippen LogP contribution in [0.4, 0.5) is 0 Å². The SMILES string of the molecule is COc1ccc(-c2cc(C(=O)NC(C)CCc3ccccc3)n(-c3ccc(Cl)cc3)n2)cc1. The first-order valence-corrected chi connectivity index (χ1v) is 11.3. The van der Waals surface area contributed by atoms with Crippen LogP contribution in [0.2, 0.25) is 5.02 Å². The molecular weight excluding hydrogens is 434 g/mol. The molecule has 1 unspecified atom stereocenters. The standard InChI is InChI=1S/C27H26ClN3O2/c1-19(8-9-20-6-4-3-5-7-20)29-27(32)26-18-25(21-10-16-24(33-2)17-11-21)30-31(26)23-14-12-22(28)13-15-23/h3-7,10-19H,8-9H2,1-2H3,(H,29,32). The average molecular weight is 460 g/mol. The fourth-order valence-electron chi connectivity index (χ4n) is 3.62. The Kier molecular flexibility index (Phi) is 7.10. The summed E-state index contributed by atoms with van der Waals surface area (Å²) in [5.74, 6) is 0.596. The van der Waals surface area contributed by atoms with Crippen LogP contribution in [-0.4, -0.2) is 28.8 Å². The Morgan fingerprint density at radius 3 is 2.39 bits per heavy atom. The molecule has 6 heteroatoms. The maximum atomic E-state index is 13.3. The summed E-state index contributed by atoms with van der Waals surface area (Å²) < 4.78 is 6.91. The van der Waals surface area contributed by atoms with E-state index in [1.807, 2.05) is 67.6 Å². The zero-order chi connectivity index (χ0) is 23.2. The summed E-state index contributed by atoms with van der Waals surface area (Å²) in [6.45, 7) is 2.02. The maximum Gasteiger partial charge on any atom is 0.270 e. The average Bonchev–Trinajstić information content (AvgIpc) is 3.30. The van der Waals surface area contributed by atoms with E-state index in [0.29, 0.717) is 16.4 Å². The zero-order valence-electron chi connectivity index (χ0n) is 18.7. The first kappa shape index (κ1) is 22.6. The molecule has 1 heterocycles. The summed E-state index contributed by atoms with van der Waals surface area (Å²) in [7, 11) is 1.63. The topological polar surface area (TPSA) is 56.1 Å². The van der Waals surface area contributed by atoms with Crippen LogP contribution in [0, 0.1) is 0 Å². The number of ether oxygens (including phenoxy) is 1. The van der Waals surface area contributed by atoms with E-state index >= 15 is 0 Å². The number of carbonyl (C=O) groups excluding carboxylic acids is 1. The predicted molar refractivity (Wildman–Crippen MR) is 132 cm³/mol. The minimum Gasteiger partial charge on any atom is -0.497 e. The fraction of sp³-hybridized carbons (Fsp3) is 0.185. The Morgan fingerprint density at radius 2 is 1.73 bits per heavy atom. The second-order valence-corrected chi connectivity index (χ2v) is 8.37. The predicted octanol–water partition coefficient (Wildman–Crippen LogP) is 5.95. The molecule has 4 aromatic rings. The third-order valence-electron chi connectivity index (χ3n) is 5.49. The van der Waals surface area contributed by atoms with E-state index in [0.717, 1.165) is 29.8 Å². The van der Waals surface area contributed by atoms with Crippen LogP contribution in [0.25, 0.3) is 16.9 Å². The molecule has 1 amide bonds. The lowest BCUT2D eigenvalue weighted by molar-refractivity contribution is 0.0930. The summed E-state index contributed by atoms with van der Waals surface area (Å²) in [6, 6.07) is 27.0. The number of benzene rings is 3. The zero-order valence-corrected chi connectivity index (χ0v) is 19.4. The summed E-state index contributed by atoms with van der Waals surface area (Å²) >= 11 is 6.06. The number of nitrogens with one attached hydrogen (secondary N) is 1. The highest BCUT2D eigenvalue weighted by atomic mass is 35.5. The molecule has 0 aliphatic carbocycles. The normalized spacial score (nSPS) is 11.7. The first-order valence-electron chi connectivity index (χ1n) is 10.9. The van der Waals surface area contributed by atoms with Gasteiger partial charge >= 0.3 is 0 Å². The van der Waals surface area contributed by atoms with Gasteiger partial charge in [0.1, 0.15) is 11.4 Å². The molecule has 0 radical (unpaired) electrons. The molecule has 0 fully saturated rings. The van der Waals surface area contributed by atoms with Crippen LogP contribution >= 0.6 is 11.6 Å². The van der Waals surface area contributed by atoms with Crippen molar-refractivity contribution < 1.29 is 9.53 Å². The molecule has 33 heavy (non-hydrogen) atoms. The second-order valence-electron chi connectivity index (χ2n) is 7.93. The maximum absolute atomic E-state index is 13.3. The Labute approximate surface area is 199 Å². The molecule has 0 spiro atoms. The van der Waals surface area contributed by atoms with E-state index in [9.17, 15) is 4.79 Å². The number of carbonyl (C=O) groups is 1. The van der Waals surface area contributed by atoms with Crippen molar-refractivity contribution in [1.29, 1.82) is 0 Å². The van der Waals surface area contributed by atoms with Crippen molar-refractivity contribution in [1.82, 2.24) is 15.1 Å². The lowest BCUT2D eigenvalue weighted by Crippen LogP contribution is -2.34. The number of halogens is 1. The van der Waals surface area contributed by atoms with Gasteiger partial charge in [-0.1, -0.05) is 41.9 Å². The van der Waals surface area contributed by atoms with E-state index in [2.05, 4.69) is 17.4 Å². The number of aryl methyl sites for hydroxylation is 1. The molecule has 4 rings (SSSR count). The smallest absolute Gasteiger partial charge is 0.270 e. The van der Waals surface area contributed by atoms with E-state index < -0.39 is 0 Å². The quantitative estimate of drug-likeness (QED) is 0.354. The largest absolute Gasteiger partial charge is 0.497 e. The number of aromatic nitrogens is 2. The third-order valence-corrected chi connectivity index (χ3v) is 5.74. The summed E-state index contributed by atoms with van der Waals surface area (Å²) in [5.41, 5.74) is 4.09. The van der Waals surface area contributed by atoms with E-state index in [1.54, 1.807) is 23.9 Å². The van der Waals surface area contributed by atoms with Crippen molar-refractivity contribution in [3.63, 3.8) is 0 Å². The van der Waals surface area contributed by atoms with E-state index in [-0.39, 0.29) is 11.9 Å². The van der Waals surface area contributed by atoms with Gasteiger partial charge in [0.15, 0.2) is 0 Å². The van der Waals surface area contributed by atoms with Crippen molar-refractivity contribution >= 4 is 17.5 Å². The van der Waals surface area contributed by atoms with Crippen LogP contribution in [0.3, 0.4) is 0 Å². The molecule has 1 atom stereocenters. The highest BCUT2D eigenvalue weighted by Gasteiger charge is 2.19. The molecule has 5 nitrogen and oxygen atoms in total. The number of methoxy groups -OCH3 is 1. The van der Waals surface area contributed by atoms with Crippen LogP contribution in [0.15, 0.2) is 84.9 Å². The van der Waals surface area contributed by atoms with Crippen molar-refractivity contribution in [2.45, 2.75) is 25.8 Å². The van der Waals surface area contributed by atoms with Gasteiger partial charge in [-0.25, -0.2) is 4.68 Å². The van der Waals surface area contributed by atoms with E-state index in [4.69, 9.17) is 21.4 Å². The number of nitrogens with zero attached hydrogens (tertiary/aromatic N) is 2. The number of hydrogen-bond acceptors (Lipinski definition) is 3. The van der Waals surface area contributed by atoms with Crippen LogP contribution in [0.1, 0.15) is 29.4 Å². The van der Waals surface area contributed by atoms with Gasteiger partial charge in [-0.2, -0.15) is 5.10 Å². The summed E-state index contributed by atoms with van der Waals surface area (Å²) in [4.78, 5) is 13.3. The van der Waals surface area contributed by atoms with Crippen molar-refractivity contribution in [2.24, 2.45) is 0 Å². The van der Waals surface area contributed by atoms with Gasteiger partial charge in [0, 0.05) is 16.6 Å². The molecule has 0 saturated heterocycles. The van der Waals surface area contributed by atoms with Crippen LogP contribution < -0.4 is 10.1 Å². The number of hydrogen-bond donors (Lipinski definition) is 1. The molecule has 3 aromatic carbocycles. The fourth-order valence-corrected chi connectivity index (χ4v) is 3.75. The molecule has 168 valence electrons. The molecule has 0 bridgehead atoms. The Balaban J connectivity index is 1.58. The van der Waals surface area contributed by atoms with Gasteiger partial charge in [0.2, 0.25) is 0 Å². The minimum absolute atomic E-state index is 0.00992. The van der Waals surface area contributed by atoms with Crippen LogP contribution in [-0.2, 0) is 6.42 Å². The van der Waals surface area contributed by atoms with Gasteiger partial charge in [-0.05, 0) is 79.9 Å². The lowest BCUT2D eigenvalue weighted by Gasteiger charge is -2.14. The molecular formula is C27H26ClN3O2. The third kappa shape index (κ3) is 5.62. The van der Waals surface area contributed by atoms with Crippen LogP contribution in [0.5, 0.6) is 5.75 Å². The van der Waals surface area contributed by atoms with Crippen molar-refractivity contribution in [3.8, 4) is 22.7 Å². The minimum atomic E-state index is -0.169.